The van der Waals surface area contributed by atoms with Gasteiger partial charge < -0.3 is 5.73 Å². The van der Waals surface area contributed by atoms with Gasteiger partial charge in [0.1, 0.15) is 5.82 Å². The van der Waals surface area contributed by atoms with Crippen LogP contribution in [0.25, 0.3) is 0 Å². The second kappa shape index (κ2) is 4.28. The quantitative estimate of drug-likeness (QED) is 0.747. The summed E-state index contributed by atoms with van der Waals surface area (Å²) in [5.74, 6) is -0.935. The molecule has 0 aliphatic rings. The van der Waals surface area contributed by atoms with Crippen LogP contribution >= 0.6 is 0 Å². The number of hydrogen-bond acceptors (Lipinski definition) is 1. The van der Waals surface area contributed by atoms with Gasteiger partial charge in [-0.15, -0.1) is 6.58 Å². The summed E-state index contributed by atoms with van der Waals surface area (Å²) in [7, 11) is 0. The fraction of sp³-hybridized carbons (Fsp3) is 0.200. The van der Waals surface area contributed by atoms with Crippen molar-refractivity contribution in [3.63, 3.8) is 0 Å². The Hall–Kier alpha value is -1.29. The maximum atomic E-state index is 13.0. The first-order valence-corrected chi connectivity index (χ1v) is 4.02. The van der Waals surface area contributed by atoms with Crippen LogP contribution in [-0.2, 0) is 0 Å². The molecule has 0 aromatic heterocycles. The number of benzene rings is 1. The first kappa shape index (κ1) is 10.8. The van der Waals surface area contributed by atoms with Crippen molar-refractivity contribution in [2.24, 2.45) is 5.73 Å². The van der Waals surface area contributed by atoms with E-state index >= 15 is 0 Å². The van der Waals surface area contributed by atoms with E-state index in [9.17, 15) is 13.2 Å². The zero-order chi connectivity index (χ0) is 10.7. The molecule has 1 atom stereocenters. The molecule has 0 radical (unpaired) electrons. The van der Waals surface area contributed by atoms with Crippen molar-refractivity contribution >= 4 is 0 Å². The highest BCUT2D eigenvalue weighted by atomic mass is 19.3. The van der Waals surface area contributed by atoms with Gasteiger partial charge in [-0.2, -0.15) is 0 Å². The number of alkyl halides is 2. The maximum absolute atomic E-state index is 13.0. The van der Waals surface area contributed by atoms with E-state index < -0.39 is 23.8 Å². The minimum atomic E-state index is -2.86. The van der Waals surface area contributed by atoms with Crippen molar-refractivity contribution in [3.05, 3.63) is 47.8 Å². The van der Waals surface area contributed by atoms with E-state index in [1.165, 1.54) is 18.2 Å². The molecule has 0 aliphatic carbocycles. The largest absolute Gasteiger partial charge is 0.321 e. The molecule has 0 aliphatic heterocycles. The van der Waals surface area contributed by atoms with Crippen molar-refractivity contribution in [2.45, 2.75) is 12.5 Å². The van der Waals surface area contributed by atoms with Crippen LogP contribution in [0.4, 0.5) is 13.2 Å². The smallest absolute Gasteiger partial charge is 0.267 e. The zero-order valence-electron chi connectivity index (χ0n) is 7.38. The van der Waals surface area contributed by atoms with E-state index in [1.54, 1.807) is 0 Å². The highest BCUT2D eigenvalue weighted by Crippen LogP contribution is 2.29. The fourth-order valence-electron chi connectivity index (χ4n) is 1.20. The van der Waals surface area contributed by atoms with Gasteiger partial charge in [-0.25, -0.2) is 13.2 Å². The van der Waals surface area contributed by atoms with Crippen LogP contribution in [0.1, 0.15) is 23.6 Å². The van der Waals surface area contributed by atoms with Crippen LogP contribution in [0.3, 0.4) is 0 Å². The van der Waals surface area contributed by atoms with Crippen LogP contribution < -0.4 is 5.73 Å². The molecule has 0 saturated heterocycles. The first-order chi connectivity index (χ1) is 6.57. The van der Waals surface area contributed by atoms with Gasteiger partial charge in [-0.05, 0) is 11.6 Å². The van der Waals surface area contributed by atoms with Gasteiger partial charge in [-0.3, -0.25) is 0 Å². The molecule has 1 rings (SSSR count). The summed E-state index contributed by atoms with van der Waals surface area (Å²) in [6, 6.07) is 2.94. The molecule has 0 fully saturated rings. The Bertz CT molecular complexity index is 336. The molecule has 76 valence electrons. The van der Waals surface area contributed by atoms with Gasteiger partial charge in [-0.1, -0.05) is 18.2 Å². The topological polar surface area (TPSA) is 26.0 Å². The summed E-state index contributed by atoms with van der Waals surface area (Å²) >= 11 is 0. The Morgan fingerprint density at radius 3 is 2.50 bits per heavy atom. The van der Waals surface area contributed by atoms with E-state index in [0.717, 1.165) is 6.07 Å². The number of rotatable bonds is 3. The second-order valence-electron chi connectivity index (χ2n) is 2.80. The fourth-order valence-corrected chi connectivity index (χ4v) is 1.20. The summed E-state index contributed by atoms with van der Waals surface area (Å²) in [5.41, 5.74) is 4.92. The van der Waals surface area contributed by atoms with Gasteiger partial charge in [0.2, 0.25) is 0 Å². The molecular weight excluding hydrogens is 191 g/mol. The van der Waals surface area contributed by atoms with Crippen LogP contribution in [0, 0.1) is 5.82 Å². The van der Waals surface area contributed by atoms with E-state index in [4.69, 9.17) is 5.73 Å². The third-order valence-electron chi connectivity index (χ3n) is 1.92. The number of nitrogens with two attached hydrogens (primary N) is 1. The Balaban J connectivity index is 3.27. The molecular formula is C10H10F3N. The first-order valence-electron chi connectivity index (χ1n) is 4.02. The second-order valence-corrected chi connectivity index (χ2v) is 2.80. The number of halogens is 3. The summed E-state index contributed by atoms with van der Waals surface area (Å²) in [5, 5.41) is 0. The molecule has 0 spiro atoms. The van der Waals surface area contributed by atoms with Crippen molar-refractivity contribution < 1.29 is 13.2 Å². The third-order valence-corrected chi connectivity index (χ3v) is 1.92. The summed E-state index contributed by atoms with van der Waals surface area (Å²) in [6.45, 7) is 3.37. The third kappa shape index (κ3) is 1.96. The summed E-state index contributed by atoms with van der Waals surface area (Å²) < 4.78 is 37.9. The molecule has 0 heterocycles. The van der Waals surface area contributed by atoms with Crippen LogP contribution in [0.5, 0.6) is 0 Å². The predicted octanol–water partition coefficient (Wildman–Crippen LogP) is 2.95. The van der Waals surface area contributed by atoms with Gasteiger partial charge in [0.05, 0.1) is 5.56 Å². The van der Waals surface area contributed by atoms with Crippen molar-refractivity contribution in [1.82, 2.24) is 0 Å². The maximum Gasteiger partial charge on any atom is 0.267 e. The monoisotopic (exact) mass is 201 g/mol. The molecule has 1 aromatic carbocycles. The van der Waals surface area contributed by atoms with Crippen LogP contribution in [0.2, 0.25) is 0 Å². The molecule has 0 unspecified atom stereocenters. The zero-order valence-corrected chi connectivity index (χ0v) is 7.38. The van der Waals surface area contributed by atoms with Crippen LogP contribution in [-0.4, -0.2) is 0 Å². The molecule has 2 N–H and O–H groups in total. The van der Waals surface area contributed by atoms with Crippen molar-refractivity contribution in [3.8, 4) is 0 Å². The van der Waals surface area contributed by atoms with Gasteiger partial charge >= 0.3 is 0 Å². The lowest BCUT2D eigenvalue weighted by Crippen LogP contribution is -2.11. The summed E-state index contributed by atoms with van der Waals surface area (Å²) in [6.07, 6.45) is -1.57. The average molecular weight is 201 g/mol. The van der Waals surface area contributed by atoms with Gasteiger partial charge in [0, 0.05) is 6.04 Å². The molecule has 4 heteroatoms. The average Bonchev–Trinajstić information content (AvgIpc) is 2.15. The van der Waals surface area contributed by atoms with Crippen LogP contribution in [0.15, 0.2) is 30.9 Å². The van der Waals surface area contributed by atoms with Gasteiger partial charge in [0.15, 0.2) is 0 Å². The van der Waals surface area contributed by atoms with E-state index in [1.807, 2.05) is 0 Å². The van der Waals surface area contributed by atoms with E-state index in [2.05, 4.69) is 6.58 Å². The van der Waals surface area contributed by atoms with Gasteiger partial charge in [0.25, 0.3) is 6.43 Å². The lowest BCUT2D eigenvalue weighted by Gasteiger charge is -2.13. The Kier molecular flexibility index (Phi) is 3.30. The lowest BCUT2D eigenvalue weighted by atomic mass is 10.0. The Labute approximate surface area is 80.0 Å². The highest BCUT2D eigenvalue weighted by molar-refractivity contribution is 5.34. The molecule has 0 bridgehead atoms. The summed E-state index contributed by atoms with van der Waals surface area (Å²) in [4.78, 5) is 0. The predicted molar refractivity (Wildman–Crippen MR) is 48.5 cm³/mol. The Morgan fingerprint density at radius 1 is 1.36 bits per heavy atom. The van der Waals surface area contributed by atoms with E-state index in [0.29, 0.717) is 0 Å². The molecule has 0 saturated carbocycles. The molecule has 0 amide bonds. The molecule has 1 nitrogen and oxygen atoms in total. The minimum Gasteiger partial charge on any atom is -0.321 e. The standard InChI is InChI=1S/C10H10F3N/c1-2-8(14)6-4-3-5-7(11)9(6)10(12)13/h2-5,8,10H,1,14H2/t8-/m0/s1. The minimum absolute atomic E-state index is 0.0787. The molecule has 14 heavy (non-hydrogen) atoms. The number of hydrogen-bond donors (Lipinski definition) is 1. The van der Waals surface area contributed by atoms with Crippen molar-refractivity contribution in [1.29, 1.82) is 0 Å². The SMILES string of the molecule is C=C[C@H](N)c1cccc(F)c1C(F)F. The molecule has 1 aromatic rings. The van der Waals surface area contributed by atoms with Crippen molar-refractivity contribution in [2.75, 3.05) is 0 Å². The highest BCUT2D eigenvalue weighted by Gasteiger charge is 2.20. The lowest BCUT2D eigenvalue weighted by molar-refractivity contribution is 0.145. The Morgan fingerprint density at radius 2 is 2.00 bits per heavy atom. The normalized spacial score (nSPS) is 12.9. The van der Waals surface area contributed by atoms with E-state index in [-0.39, 0.29) is 5.56 Å².